The number of hydrogen-bond donors (Lipinski definition) is 2. The van der Waals surface area contributed by atoms with Crippen LogP contribution in [0.2, 0.25) is 0 Å². The Morgan fingerprint density at radius 3 is 2.74 bits per heavy atom. The molecule has 1 fully saturated rings. The zero-order valence-electron chi connectivity index (χ0n) is 19.5. The van der Waals surface area contributed by atoms with E-state index < -0.39 is 0 Å². The standard InChI is InChI=1S/C26H28N6O2/c1-17(14-27)15-28-25-21-12-19(5-4-18(21)6-7-24(25)34-3)22-13-23(30-16-29-22)26(33)31-20-8-10-32(2)11-9-20/h4-7,12-13,16,20,28H,1,8-11,15H2,2-3H3,(H,31,33). The molecule has 0 bridgehead atoms. The third-order valence-electron chi connectivity index (χ3n) is 6.09. The van der Waals surface area contributed by atoms with Gasteiger partial charge in [-0.3, -0.25) is 4.79 Å². The summed E-state index contributed by atoms with van der Waals surface area (Å²) >= 11 is 0. The summed E-state index contributed by atoms with van der Waals surface area (Å²) in [6, 6.07) is 13.7. The smallest absolute Gasteiger partial charge is 0.270 e. The van der Waals surface area contributed by atoms with Gasteiger partial charge in [-0.25, -0.2) is 9.97 Å². The zero-order chi connectivity index (χ0) is 24.1. The Kier molecular flexibility index (Phi) is 7.04. The molecular weight excluding hydrogens is 428 g/mol. The quantitative estimate of drug-likeness (QED) is 0.524. The molecular formula is C26H28N6O2. The summed E-state index contributed by atoms with van der Waals surface area (Å²) < 4.78 is 5.54. The molecule has 0 unspecified atom stereocenters. The number of aromatic nitrogens is 2. The lowest BCUT2D eigenvalue weighted by Crippen LogP contribution is -2.43. The number of piperidine rings is 1. The minimum absolute atomic E-state index is 0.159. The number of likely N-dealkylation sites (tertiary alicyclic amines) is 1. The molecule has 8 heteroatoms. The van der Waals surface area contributed by atoms with E-state index in [1.807, 2.05) is 30.3 Å². The van der Waals surface area contributed by atoms with Gasteiger partial charge in [0.1, 0.15) is 17.8 Å². The van der Waals surface area contributed by atoms with Gasteiger partial charge < -0.3 is 20.3 Å². The second-order valence-electron chi connectivity index (χ2n) is 8.49. The lowest BCUT2D eigenvalue weighted by atomic mass is 10.0. The Bertz CT molecular complexity index is 1260. The normalized spacial score (nSPS) is 14.4. The molecule has 0 spiro atoms. The SMILES string of the molecule is C=C(C#N)CNc1c(OC)ccc2ccc(-c3cc(C(=O)NC4CCN(C)CC4)ncn3)cc12. The van der Waals surface area contributed by atoms with Crippen LogP contribution in [0.5, 0.6) is 5.75 Å². The number of hydrogen-bond acceptors (Lipinski definition) is 7. The number of ether oxygens (including phenoxy) is 1. The molecule has 0 aliphatic carbocycles. The average molecular weight is 457 g/mol. The van der Waals surface area contributed by atoms with Crippen molar-refractivity contribution in [1.29, 1.82) is 5.26 Å². The molecule has 1 aromatic heterocycles. The van der Waals surface area contributed by atoms with E-state index in [1.165, 1.54) is 6.33 Å². The van der Waals surface area contributed by atoms with E-state index in [4.69, 9.17) is 10.00 Å². The molecule has 2 N–H and O–H groups in total. The number of methoxy groups -OCH3 is 1. The number of nitrogens with one attached hydrogen (secondary N) is 2. The first kappa shape index (κ1) is 23.2. The number of carbonyl (C=O) groups excluding carboxylic acids is 1. The summed E-state index contributed by atoms with van der Waals surface area (Å²) in [6.45, 7) is 5.99. The van der Waals surface area contributed by atoms with E-state index in [9.17, 15) is 4.79 Å². The van der Waals surface area contributed by atoms with Crippen molar-refractivity contribution in [3.05, 3.63) is 60.6 Å². The van der Waals surface area contributed by atoms with Crippen LogP contribution in [-0.4, -0.2) is 60.6 Å². The van der Waals surface area contributed by atoms with Crippen molar-refractivity contribution in [2.75, 3.05) is 39.1 Å². The minimum atomic E-state index is -0.182. The fourth-order valence-electron chi connectivity index (χ4n) is 4.10. The van der Waals surface area contributed by atoms with Gasteiger partial charge >= 0.3 is 0 Å². The molecule has 8 nitrogen and oxygen atoms in total. The number of fused-ring (bicyclic) bond motifs is 1. The van der Waals surface area contributed by atoms with Crippen molar-refractivity contribution in [3.8, 4) is 23.1 Å². The molecule has 4 rings (SSSR count). The molecule has 1 amide bonds. The monoisotopic (exact) mass is 456 g/mol. The zero-order valence-corrected chi connectivity index (χ0v) is 19.5. The molecule has 174 valence electrons. The molecule has 1 saturated heterocycles. The van der Waals surface area contributed by atoms with Crippen LogP contribution in [0, 0.1) is 11.3 Å². The Morgan fingerprint density at radius 1 is 1.24 bits per heavy atom. The maximum absolute atomic E-state index is 12.8. The van der Waals surface area contributed by atoms with Gasteiger partial charge in [0.05, 0.1) is 24.6 Å². The molecule has 34 heavy (non-hydrogen) atoms. The summed E-state index contributed by atoms with van der Waals surface area (Å²) in [7, 11) is 3.70. The van der Waals surface area contributed by atoms with Crippen LogP contribution in [0.1, 0.15) is 23.3 Å². The van der Waals surface area contributed by atoms with Crippen LogP contribution >= 0.6 is 0 Å². The van der Waals surface area contributed by atoms with E-state index in [0.29, 0.717) is 29.3 Å². The van der Waals surface area contributed by atoms with Crippen LogP contribution in [-0.2, 0) is 0 Å². The highest BCUT2D eigenvalue weighted by atomic mass is 16.5. The fraction of sp³-hybridized carbons (Fsp3) is 0.308. The van der Waals surface area contributed by atoms with E-state index in [0.717, 1.165) is 48.0 Å². The molecule has 0 radical (unpaired) electrons. The highest BCUT2D eigenvalue weighted by Crippen LogP contribution is 2.35. The van der Waals surface area contributed by atoms with Gasteiger partial charge in [-0.2, -0.15) is 5.26 Å². The lowest BCUT2D eigenvalue weighted by Gasteiger charge is -2.29. The predicted molar refractivity (Wildman–Crippen MR) is 133 cm³/mol. The first-order valence-corrected chi connectivity index (χ1v) is 11.2. The van der Waals surface area contributed by atoms with E-state index in [-0.39, 0.29) is 11.9 Å². The predicted octanol–water partition coefficient (Wildman–Crippen LogP) is 3.62. The summed E-state index contributed by atoms with van der Waals surface area (Å²) in [5, 5.41) is 17.4. The van der Waals surface area contributed by atoms with Crippen LogP contribution in [0.3, 0.4) is 0 Å². The number of nitriles is 1. The van der Waals surface area contributed by atoms with Crippen LogP contribution < -0.4 is 15.4 Å². The van der Waals surface area contributed by atoms with Gasteiger partial charge in [0.2, 0.25) is 0 Å². The molecule has 0 atom stereocenters. The number of rotatable bonds is 7. The van der Waals surface area contributed by atoms with Crippen molar-refractivity contribution >= 4 is 22.4 Å². The molecule has 2 heterocycles. The Balaban J connectivity index is 1.62. The van der Waals surface area contributed by atoms with Gasteiger partial charge in [-0.15, -0.1) is 0 Å². The Morgan fingerprint density at radius 2 is 2.00 bits per heavy atom. The fourth-order valence-corrected chi connectivity index (χ4v) is 4.10. The number of anilines is 1. The van der Waals surface area contributed by atoms with Crippen LogP contribution in [0.15, 0.2) is 54.9 Å². The van der Waals surface area contributed by atoms with Crippen molar-refractivity contribution in [2.24, 2.45) is 0 Å². The van der Waals surface area contributed by atoms with Gasteiger partial charge in [0.15, 0.2) is 0 Å². The van der Waals surface area contributed by atoms with Crippen molar-refractivity contribution in [3.63, 3.8) is 0 Å². The Labute approximate surface area is 199 Å². The maximum Gasteiger partial charge on any atom is 0.270 e. The largest absolute Gasteiger partial charge is 0.495 e. The topological polar surface area (TPSA) is 103 Å². The molecule has 0 saturated carbocycles. The number of carbonyl (C=O) groups is 1. The number of nitrogens with zero attached hydrogens (tertiary/aromatic N) is 4. The number of amides is 1. The second kappa shape index (κ2) is 10.3. The summed E-state index contributed by atoms with van der Waals surface area (Å²) in [4.78, 5) is 23.7. The van der Waals surface area contributed by atoms with E-state index in [2.05, 4.69) is 45.2 Å². The molecule has 1 aliphatic rings. The second-order valence-corrected chi connectivity index (χ2v) is 8.49. The van der Waals surface area contributed by atoms with E-state index >= 15 is 0 Å². The van der Waals surface area contributed by atoms with Crippen LogP contribution in [0.25, 0.3) is 22.0 Å². The van der Waals surface area contributed by atoms with Gasteiger partial charge in [0, 0.05) is 29.1 Å². The van der Waals surface area contributed by atoms with Gasteiger partial charge in [-0.05, 0) is 56.6 Å². The molecule has 1 aliphatic heterocycles. The first-order valence-electron chi connectivity index (χ1n) is 11.2. The van der Waals surface area contributed by atoms with Crippen molar-refractivity contribution in [2.45, 2.75) is 18.9 Å². The van der Waals surface area contributed by atoms with Crippen LogP contribution in [0.4, 0.5) is 5.69 Å². The Hall–Kier alpha value is -3.96. The summed E-state index contributed by atoms with van der Waals surface area (Å²) in [5.41, 5.74) is 3.04. The number of benzene rings is 2. The minimum Gasteiger partial charge on any atom is -0.495 e. The van der Waals surface area contributed by atoms with Crippen molar-refractivity contribution < 1.29 is 9.53 Å². The highest BCUT2D eigenvalue weighted by Gasteiger charge is 2.20. The van der Waals surface area contributed by atoms with Crippen molar-refractivity contribution in [1.82, 2.24) is 20.2 Å². The molecule has 2 aromatic carbocycles. The van der Waals surface area contributed by atoms with E-state index in [1.54, 1.807) is 13.2 Å². The summed E-state index contributed by atoms with van der Waals surface area (Å²) in [6.07, 6.45) is 3.28. The first-order chi connectivity index (χ1) is 16.5. The average Bonchev–Trinajstić information content (AvgIpc) is 2.87. The highest BCUT2D eigenvalue weighted by molar-refractivity contribution is 6.00. The summed E-state index contributed by atoms with van der Waals surface area (Å²) in [5.74, 6) is 0.481. The van der Waals surface area contributed by atoms with Gasteiger partial charge in [0.25, 0.3) is 5.91 Å². The molecule has 3 aromatic rings. The third-order valence-corrected chi connectivity index (χ3v) is 6.09. The lowest BCUT2D eigenvalue weighted by molar-refractivity contribution is 0.0911. The maximum atomic E-state index is 12.8. The third kappa shape index (κ3) is 5.16. The van der Waals surface area contributed by atoms with Gasteiger partial charge in [-0.1, -0.05) is 24.8 Å².